The lowest BCUT2D eigenvalue weighted by atomic mass is 9.96. The van der Waals surface area contributed by atoms with Crippen LogP contribution in [0.4, 0.5) is 0 Å². The van der Waals surface area contributed by atoms with Crippen molar-refractivity contribution in [1.82, 2.24) is 14.5 Å². The monoisotopic (exact) mass is 401 g/mol. The normalized spacial score (nSPS) is 20.0. The molecule has 2 aromatic carbocycles. The van der Waals surface area contributed by atoms with Crippen molar-refractivity contribution < 1.29 is 18.3 Å². The zero-order chi connectivity index (χ0) is 19.8. The van der Waals surface area contributed by atoms with Crippen molar-refractivity contribution in [3.05, 3.63) is 60.2 Å². The summed E-state index contributed by atoms with van der Waals surface area (Å²) in [5.74, 6) is -0.219. The van der Waals surface area contributed by atoms with Crippen LogP contribution < -0.4 is 5.32 Å². The Bertz CT molecular complexity index is 970. The Morgan fingerprint density at radius 1 is 1.00 bits per heavy atom. The minimum absolute atomic E-state index is 0.0286. The molecule has 2 N–H and O–H groups in total. The summed E-state index contributed by atoms with van der Waals surface area (Å²) in [5, 5.41) is 13.3. The number of hydrogen-bond acceptors (Lipinski definition) is 5. The molecule has 0 atom stereocenters. The fraction of sp³-hybridized carbons (Fsp3) is 0.350. The zero-order valence-electron chi connectivity index (χ0n) is 15.4. The maximum absolute atomic E-state index is 12.9. The molecule has 7 nitrogen and oxygen atoms in total. The number of aromatic hydroxyl groups is 1. The lowest BCUT2D eigenvalue weighted by molar-refractivity contribution is -0.132. The van der Waals surface area contributed by atoms with Crippen molar-refractivity contribution in [2.45, 2.75) is 29.9 Å². The van der Waals surface area contributed by atoms with Gasteiger partial charge < -0.3 is 10.0 Å². The molecule has 2 aromatic rings. The number of para-hydroxylation sites is 1. The van der Waals surface area contributed by atoms with E-state index in [1.165, 1.54) is 16.4 Å². The van der Waals surface area contributed by atoms with Crippen LogP contribution in [0.15, 0.2) is 59.5 Å². The summed E-state index contributed by atoms with van der Waals surface area (Å²) >= 11 is 0. The van der Waals surface area contributed by atoms with Gasteiger partial charge in [-0.3, -0.25) is 10.1 Å². The summed E-state index contributed by atoms with van der Waals surface area (Å²) < 4.78 is 27.2. The predicted octanol–water partition coefficient (Wildman–Crippen LogP) is 1.50. The topological polar surface area (TPSA) is 90.0 Å². The van der Waals surface area contributed by atoms with Gasteiger partial charge in [-0.05, 0) is 30.5 Å². The van der Waals surface area contributed by atoms with Crippen LogP contribution in [0.5, 0.6) is 5.75 Å². The summed E-state index contributed by atoms with van der Waals surface area (Å²) in [6.07, 6.45) is 0.997. The summed E-state index contributed by atoms with van der Waals surface area (Å²) in [6, 6.07) is 15.8. The van der Waals surface area contributed by atoms with Crippen molar-refractivity contribution in [1.29, 1.82) is 0 Å². The molecule has 2 aliphatic rings. The maximum atomic E-state index is 12.9. The van der Waals surface area contributed by atoms with Gasteiger partial charge in [0.15, 0.2) is 0 Å². The molecule has 2 aliphatic heterocycles. The van der Waals surface area contributed by atoms with Crippen LogP contribution in [0.2, 0.25) is 0 Å². The molecular weight excluding hydrogens is 378 g/mol. The SMILES string of the molecule is O=C1CNC2(CCN(S(=O)(=O)c3ccccc3O)CC2)N1Cc1ccccc1. The minimum atomic E-state index is -3.78. The Morgan fingerprint density at radius 2 is 1.64 bits per heavy atom. The van der Waals surface area contributed by atoms with Crippen LogP contribution in [-0.4, -0.2) is 53.9 Å². The molecule has 0 saturated carbocycles. The van der Waals surface area contributed by atoms with E-state index < -0.39 is 15.7 Å². The number of carbonyl (C=O) groups excluding carboxylic acids is 1. The Hall–Kier alpha value is -2.42. The molecule has 8 heteroatoms. The number of nitrogens with zero attached hydrogens (tertiary/aromatic N) is 2. The number of phenols is 1. The van der Waals surface area contributed by atoms with Gasteiger partial charge in [-0.1, -0.05) is 42.5 Å². The van der Waals surface area contributed by atoms with Crippen molar-refractivity contribution >= 4 is 15.9 Å². The van der Waals surface area contributed by atoms with Gasteiger partial charge in [-0.15, -0.1) is 0 Å². The smallest absolute Gasteiger partial charge is 0.246 e. The number of carbonyl (C=O) groups is 1. The number of phenolic OH excluding ortho intramolecular Hbond substituents is 1. The summed E-state index contributed by atoms with van der Waals surface area (Å²) in [5.41, 5.74) is 0.515. The maximum Gasteiger partial charge on any atom is 0.246 e. The van der Waals surface area contributed by atoms with Gasteiger partial charge in [0, 0.05) is 19.6 Å². The van der Waals surface area contributed by atoms with Gasteiger partial charge in [0.2, 0.25) is 15.9 Å². The van der Waals surface area contributed by atoms with Gasteiger partial charge >= 0.3 is 0 Å². The van der Waals surface area contributed by atoms with E-state index in [0.29, 0.717) is 19.4 Å². The van der Waals surface area contributed by atoms with Crippen molar-refractivity contribution in [2.75, 3.05) is 19.6 Å². The number of piperidine rings is 1. The van der Waals surface area contributed by atoms with E-state index >= 15 is 0 Å². The molecule has 0 radical (unpaired) electrons. The second-order valence-electron chi connectivity index (χ2n) is 7.22. The van der Waals surface area contributed by atoms with Crippen molar-refractivity contribution in [2.24, 2.45) is 0 Å². The van der Waals surface area contributed by atoms with Crippen molar-refractivity contribution in [3.63, 3.8) is 0 Å². The largest absolute Gasteiger partial charge is 0.507 e. The van der Waals surface area contributed by atoms with Gasteiger partial charge in [0.25, 0.3) is 0 Å². The van der Waals surface area contributed by atoms with Crippen LogP contribution in [0, 0.1) is 0 Å². The number of nitrogens with one attached hydrogen (secondary N) is 1. The van der Waals surface area contributed by atoms with Crippen LogP contribution in [0.3, 0.4) is 0 Å². The lowest BCUT2D eigenvalue weighted by Crippen LogP contribution is -2.58. The van der Waals surface area contributed by atoms with E-state index in [1.54, 1.807) is 12.1 Å². The standard InChI is InChI=1S/C20H23N3O4S/c24-17-8-4-5-9-18(17)28(26,27)22-12-10-20(11-13-22)21-14-19(25)23(20)15-16-6-2-1-3-7-16/h1-9,21,24H,10-15H2. The first kappa shape index (κ1) is 18.9. The Kier molecular flexibility index (Phi) is 4.86. The number of sulfonamides is 1. The molecule has 2 saturated heterocycles. The van der Waals surface area contributed by atoms with Gasteiger partial charge in [-0.25, -0.2) is 8.42 Å². The molecule has 28 heavy (non-hydrogen) atoms. The number of rotatable bonds is 4. The zero-order valence-corrected chi connectivity index (χ0v) is 16.2. The molecular formula is C20H23N3O4S. The Morgan fingerprint density at radius 3 is 2.32 bits per heavy atom. The second kappa shape index (κ2) is 7.20. The van der Waals surface area contributed by atoms with E-state index in [4.69, 9.17) is 0 Å². The summed E-state index contributed by atoms with van der Waals surface area (Å²) in [7, 11) is -3.78. The highest BCUT2D eigenvalue weighted by molar-refractivity contribution is 7.89. The van der Waals surface area contributed by atoms with Crippen LogP contribution in [-0.2, 0) is 21.4 Å². The van der Waals surface area contributed by atoms with Gasteiger partial charge in [-0.2, -0.15) is 4.31 Å². The summed E-state index contributed by atoms with van der Waals surface area (Å²) in [4.78, 5) is 14.3. The average molecular weight is 401 g/mol. The predicted molar refractivity (Wildman–Crippen MR) is 104 cm³/mol. The molecule has 2 heterocycles. The molecule has 148 valence electrons. The average Bonchev–Trinajstić information content (AvgIpc) is 2.99. The highest BCUT2D eigenvalue weighted by atomic mass is 32.2. The first-order valence-corrected chi connectivity index (χ1v) is 10.7. The highest BCUT2D eigenvalue weighted by Crippen LogP contribution is 2.34. The van der Waals surface area contributed by atoms with E-state index in [0.717, 1.165) is 5.56 Å². The Labute approximate surface area is 164 Å². The molecule has 2 fully saturated rings. The minimum Gasteiger partial charge on any atom is -0.507 e. The van der Waals surface area contributed by atoms with Crippen LogP contribution >= 0.6 is 0 Å². The van der Waals surface area contributed by atoms with E-state index in [9.17, 15) is 18.3 Å². The number of hydrogen-bond donors (Lipinski definition) is 2. The molecule has 0 aliphatic carbocycles. The fourth-order valence-electron chi connectivity index (χ4n) is 4.03. The first-order valence-electron chi connectivity index (χ1n) is 9.30. The van der Waals surface area contributed by atoms with Crippen molar-refractivity contribution in [3.8, 4) is 5.75 Å². The van der Waals surface area contributed by atoms with Gasteiger partial charge in [0.1, 0.15) is 10.6 Å². The van der Waals surface area contributed by atoms with Gasteiger partial charge in [0.05, 0.1) is 12.2 Å². The van der Waals surface area contributed by atoms with Crippen LogP contribution in [0.1, 0.15) is 18.4 Å². The first-order chi connectivity index (χ1) is 13.4. The van der Waals surface area contributed by atoms with Crippen LogP contribution in [0.25, 0.3) is 0 Å². The highest BCUT2D eigenvalue weighted by Gasteiger charge is 2.48. The quantitative estimate of drug-likeness (QED) is 0.811. The third-order valence-electron chi connectivity index (χ3n) is 5.60. The molecule has 0 aromatic heterocycles. The number of benzene rings is 2. The molecule has 0 bridgehead atoms. The van der Waals surface area contributed by atoms with E-state index in [2.05, 4.69) is 5.32 Å². The molecule has 4 rings (SSSR count). The third-order valence-corrected chi connectivity index (χ3v) is 7.55. The second-order valence-corrected chi connectivity index (χ2v) is 9.13. The van der Waals surface area contributed by atoms with E-state index in [-0.39, 0.29) is 36.2 Å². The third kappa shape index (κ3) is 3.28. The molecule has 1 amide bonds. The summed E-state index contributed by atoms with van der Waals surface area (Å²) in [6.45, 7) is 1.32. The Balaban J connectivity index is 1.52. The molecule has 0 unspecified atom stereocenters. The van der Waals surface area contributed by atoms with E-state index in [1.807, 2.05) is 35.2 Å². The molecule has 1 spiro atoms. The lowest BCUT2D eigenvalue weighted by Gasteiger charge is -2.44. The number of amides is 1. The fourth-order valence-corrected chi connectivity index (χ4v) is 5.56.